The highest BCUT2D eigenvalue weighted by Gasteiger charge is 2.17. The topological polar surface area (TPSA) is 122 Å². The number of benzene rings is 3. The molecule has 3 amide bonds. The van der Waals surface area contributed by atoms with Gasteiger partial charge in [0.25, 0.3) is 17.4 Å². The van der Waals surface area contributed by atoms with E-state index >= 15 is 0 Å². The lowest BCUT2D eigenvalue weighted by molar-refractivity contribution is -0.126. The summed E-state index contributed by atoms with van der Waals surface area (Å²) in [5.41, 5.74) is 5.26. The van der Waals surface area contributed by atoms with Gasteiger partial charge in [-0.05, 0) is 28.8 Å². The lowest BCUT2D eigenvalue weighted by Gasteiger charge is -2.12. The van der Waals surface area contributed by atoms with E-state index in [-0.39, 0.29) is 30.1 Å². The summed E-state index contributed by atoms with van der Waals surface area (Å²) in [7, 11) is 0. The molecule has 9 heteroatoms. The molecule has 0 saturated carbocycles. The highest BCUT2D eigenvalue weighted by atomic mass is 16.2. The normalized spacial score (nSPS) is 10.8. The van der Waals surface area contributed by atoms with Crippen LogP contribution in [0.1, 0.15) is 42.2 Å². The molecule has 190 valence electrons. The van der Waals surface area contributed by atoms with Crippen LogP contribution in [-0.2, 0) is 22.6 Å². The molecule has 3 N–H and O–H groups in total. The predicted octanol–water partition coefficient (Wildman–Crippen LogP) is 2.86. The zero-order chi connectivity index (χ0) is 26.2. The van der Waals surface area contributed by atoms with Gasteiger partial charge in [-0.1, -0.05) is 80.4 Å². The van der Waals surface area contributed by atoms with Gasteiger partial charge in [0.1, 0.15) is 0 Å². The summed E-state index contributed by atoms with van der Waals surface area (Å²) in [4.78, 5) is 50.4. The van der Waals surface area contributed by atoms with E-state index in [4.69, 9.17) is 0 Å². The number of hydrogen-bond donors (Lipinski definition) is 3. The summed E-state index contributed by atoms with van der Waals surface area (Å²) in [5, 5.41) is 9.63. The summed E-state index contributed by atoms with van der Waals surface area (Å²) in [6.07, 6.45) is 2.80. The van der Waals surface area contributed by atoms with Crippen molar-refractivity contribution in [3.8, 4) is 0 Å². The first-order valence-corrected chi connectivity index (χ1v) is 12.3. The predicted molar refractivity (Wildman–Crippen MR) is 142 cm³/mol. The van der Waals surface area contributed by atoms with Crippen molar-refractivity contribution in [1.29, 1.82) is 0 Å². The molecular weight excluding hydrogens is 470 g/mol. The highest BCUT2D eigenvalue weighted by molar-refractivity contribution is 6.05. The molecule has 0 aliphatic heterocycles. The van der Waals surface area contributed by atoms with Crippen LogP contribution in [-0.4, -0.2) is 34.0 Å². The number of amides is 3. The number of nitrogens with zero attached hydrogens (tertiary/aromatic N) is 2. The smallest absolute Gasteiger partial charge is 0.290 e. The number of carbonyl (C=O) groups is 3. The maximum atomic E-state index is 12.9. The molecule has 0 radical (unpaired) electrons. The molecule has 37 heavy (non-hydrogen) atoms. The summed E-state index contributed by atoms with van der Waals surface area (Å²) in [6.45, 7) is 2.14. The van der Waals surface area contributed by atoms with Crippen LogP contribution in [0.15, 0.2) is 71.5 Å². The number of aromatic nitrogens is 2. The van der Waals surface area contributed by atoms with Gasteiger partial charge in [0, 0.05) is 11.9 Å². The highest BCUT2D eigenvalue weighted by Crippen LogP contribution is 2.19. The van der Waals surface area contributed by atoms with Gasteiger partial charge in [0.15, 0.2) is 5.69 Å². The van der Waals surface area contributed by atoms with Crippen molar-refractivity contribution < 1.29 is 14.4 Å². The molecule has 0 fully saturated rings. The minimum absolute atomic E-state index is 0.0342. The number of carbonyl (C=O) groups excluding carboxylic acids is 3. The third-order valence-electron chi connectivity index (χ3n) is 6.05. The van der Waals surface area contributed by atoms with E-state index in [2.05, 4.69) is 28.2 Å². The third kappa shape index (κ3) is 6.19. The first kappa shape index (κ1) is 25.6. The number of hydrogen-bond acceptors (Lipinski definition) is 5. The lowest BCUT2D eigenvalue weighted by atomic mass is 10.0. The van der Waals surface area contributed by atoms with Crippen LogP contribution in [0.4, 0.5) is 0 Å². The molecule has 4 rings (SSSR count). The average Bonchev–Trinajstić information content (AvgIpc) is 2.92. The largest absolute Gasteiger partial charge is 0.347 e. The van der Waals surface area contributed by atoms with E-state index in [9.17, 15) is 19.2 Å². The van der Waals surface area contributed by atoms with Gasteiger partial charge in [-0.3, -0.25) is 30.0 Å². The third-order valence-corrected chi connectivity index (χ3v) is 6.05. The van der Waals surface area contributed by atoms with Crippen molar-refractivity contribution in [2.24, 2.45) is 0 Å². The Morgan fingerprint density at radius 2 is 1.51 bits per heavy atom. The summed E-state index contributed by atoms with van der Waals surface area (Å²) in [5.74, 6) is -1.57. The molecule has 0 bridgehead atoms. The van der Waals surface area contributed by atoms with Crippen molar-refractivity contribution in [2.75, 3.05) is 6.54 Å². The van der Waals surface area contributed by atoms with Crippen LogP contribution < -0.4 is 21.7 Å². The SMILES string of the molecule is CCCCCn1nc(C(=O)NNC(=O)CNC(=O)Cc2cccc3ccccc23)c2ccccc2c1=O. The average molecular weight is 500 g/mol. The maximum absolute atomic E-state index is 12.9. The number of aryl methyl sites for hydroxylation is 1. The van der Waals surface area contributed by atoms with Crippen LogP contribution >= 0.6 is 0 Å². The molecule has 4 aromatic rings. The van der Waals surface area contributed by atoms with Gasteiger partial charge in [-0.15, -0.1) is 0 Å². The van der Waals surface area contributed by atoms with E-state index in [0.717, 1.165) is 35.6 Å². The molecule has 0 atom stereocenters. The molecule has 9 nitrogen and oxygen atoms in total. The molecule has 3 aromatic carbocycles. The summed E-state index contributed by atoms with van der Waals surface area (Å²) in [6, 6.07) is 20.2. The lowest BCUT2D eigenvalue weighted by Crippen LogP contribution is -2.47. The zero-order valence-electron chi connectivity index (χ0n) is 20.6. The quantitative estimate of drug-likeness (QED) is 0.241. The van der Waals surface area contributed by atoms with Crippen molar-refractivity contribution in [3.63, 3.8) is 0 Å². The number of rotatable bonds is 9. The number of unbranched alkanes of at least 4 members (excludes halogenated alkanes) is 2. The minimum atomic E-state index is -0.657. The Bertz CT molecular complexity index is 1510. The second-order valence-corrected chi connectivity index (χ2v) is 8.72. The standard InChI is InChI=1S/C28H29N5O4/c1-2-3-8-16-33-28(37)23-15-7-6-14-22(23)26(32-33)27(36)31-30-25(35)18-29-24(34)17-20-12-9-11-19-10-4-5-13-21(19)20/h4-7,9-15H,2-3,8,16-18H2,1H3,(H,29,34)(H,30,35)(H,31,36). The Morgan fingerprint density at radius 3 is 2.30 bits per heavy atom. The van der Waals surface area contributed by atoms with E-state index in [1.54, 1.807) is 24.3 Å². The molecule has 0 aliphatic carbocycles. The Kier molecular flexibility index (Phi) is 8.25. The van der Waals surface area contributed by atoms with Crippen molar-refractivity contribution in [3.05, 3.63) is 88.3 Å². The van der Waals surface area contributed by atoms with Gasteiger partial charge in [-0.25, -0.2) is 4.68 Å². The molecule has 1 aromatic heterocycles. The summed E-state index contributed by atoms with van der Waals surface area (Å²) >= 11 is 0. The van der Waals surface area contributed by atoms with Gasteiger partial charge in [0.2, 0.25) is 5.91 Å². The van der Waals surface area contributed by atoms with Gasteiger partial charge < -0.3 is 5.32 Å². The Hall–Kier alpha value is -4.53. The van der Waals surface area contributed by atoms with Gasteiger partial charge in [0.05, 0.1) is 18.4 Å². The van der Waals surface area contributed by atoms with Crippen molar-refractivity contribution in [1.82, 2.24) is 25.9 Å². The summed E-state index contributed by atoms with van der Waals surface area (Å²) < 4.78 is 1.29. The van der Waals surface area contributed by atoms with Crippen LogP contribution in [0.3, 0.4) is 0 Å². The van der Waals surface area contributed by atoms with Crippen molar-refractivity contribution >= 4 is 39.3 Å². The Morgan fingerprint density at radius 1 is 0.811 bits per heavy atom. The monoisotopic (exact) mass is 499 g/mol. The Labute approximate surface area is 213 Å². The fraction of sp³-hybridized carbons (Fsp3) is 0.250. The van der Waals surface area contributed by atoms with E-state index in [1.807, 2.05) is 42.5 Å². The number of fused-ring (bicyclic) bond motifs is 2. The number of nitrogens with one attached hydrogen (secondary N) is 3. The molecule has 0 saturated heterocycles. The maximum Gasteiger partial charge on any atom is 0.290 e. The molecular formula is C28H29N5O4. The number of hydrazine groups is 1. The zero-order valence-corrected chi connectivity index (χ0v) is 20.6. The van der Waals surface area contributed by atoms with Gasteiger partial charge >= 0.3 is 0 Å². The molecule has 0 unspecified atom stereocenters. The molecule has 0 spiro atoms. The minimum Gasteiger partial charge on any atom is -0.347 e. The van der Waals surface area contributed by atoms with E-state index in [0.29, 0.717) is 17.3 Å². The fourth-order valence-corrected chi connectivity index (χ4v) is 4.16. The Balaban J connectivity index is 1.36. The first-order chi connectivity index (χ1) is 18.0. The van der Waals surface area contributed by atoms with Crippen LogP contribution in [0.5, 0.6) is 0 Å². The van der Waals surface area contributed by atoms with E-state index < -0.39 is 11.8 Å². The van der Waals surface area contributed by atoms with Crippen molar-refractivity contribution in [2.45, 2.75) is 39.2 Å². The molecule has 1 heterocycles. The van der Waals surface area contributed by atoms with E-state index in [1.165, 1.54) is 4.68 Å². The van der Waals surface area contributed by atoms with Gasteiger partial charge in [-0.2, -0.15) is 5.10 Å². The first-order valence-electron chi connectivity index (χ1n) is 12.3. The second kappa shape index (κ2) is 11.9. The van der Waals surface area contributed by atoms with Crippen LogP contribution in [0.25, 0.3) is 21.5 Å². The fourth-order valence-electron chi connectivity index (χ4n) is 4.16. The second-order valence-electron chi connectivity index (χ2n) is 8.72. The van der Waals surface area contributed by atoms with Crippen LogP contribution in [0, 0.1) is 0 Å². The van der Waals surface area contributed by atoms with Crippen LogP contribution in [0.2, 0.25) is 0 Å². The molecule has 0 aliphatic rings.